The maximum absolute atomic E-state index is 5.53. The third-order valence-electron chi connectivity index (χ3n) is 1.67. The Morgan fingerprint density at radius 2 is 1.90 bits per heavy atom. The average Bonchev–Trinajstić information content (AvgIpc) is 1.89. The molecule has 0 heterocycles. The lowest BCUT2D eigenvalue weighted by Gasteiger charge is -2.07. The minimum atomic E-state index is -0.734. The summed E-state index contributed by atoms with van der Waals surface area (Å²) in [4.78, 5) is 0. The Morgan fingerprint density at radius 3 is 2.40 bits per heavy atom. The van der Waals surface area contributed by atoms with E-state index in [4.69, 9.17) is 4.43 Å². The Balaban J connectivity index is 2.97. The predicted molar refractivity (Wildman–Crippen MR) is 49.0 cm³/mol. The molecule has 62 valence electrons. The lowest BCUT2D eigenvalue weighted by molar-refractivity contribution is 0.344. The van der Waals surface area contributed by atoms with E-state index in [9.17, 15) is 0 Å². The molecule has 0 aliphatic rings. The van der Waals surface area contributed by atoms with Gasteiger partial charge in [0, 0.05) is 6.61 Å². The first kappa shape index (κ1) is 10.2. The molecule has 0 amide bonds. The van der Waals surface area contributed by atoms with E-state index in [1.165, 1.54) is 25.3 Å². The van der Waals surface area contributed by atoms with E-state index in [1.54, 1.807) is 0 Å². The number of rotatable bonds is 6. The third kappa shape index (κ3) is 6.30. The second-order valence-corrected chi connectivity index (χ2v) is 5.29. The fourth-order valence-electron chi connectivity index (χ4n) is 1.05. The second kappa shape index (κ2) is 7.29. The molecule has 0 saturated carbocycles. The summed E-state index contributed by atoms with van der Waals surface area (Å²) in [5, 5.41) is 0. The Bertz CT molecular complexity index is 66.3. The van der Waals surface area contributed by atoms with Crippen molar-refractivity contribution in [3.63, 3.8) is 0 Å². The fourth-order valence-corrected chi connectivity index (χ4v) is 2.65. The van der Waals surface area contributed by atoms with Crippen molar-refractivity contribution in [2.75, 3.05) is 6.61 Å². The minimum Gasteiger partial charge on any atom is -0.421 e. The van der Waals surface area contributed by atoms with Crippen molar-refractivity contribution in [1.29, 1.82) is 0 Å². The number of unbranched alkanes of at least 4 members (excludes halogenated alkanes) is 2. The monoisotopic (exact) mass is 160 g/mol. The van der Waals surface area contributed by atoms with Gasteiger partial charge in [-0.3, -0.25) is 0 Å². The van der Waals surface area contributed by atoms with Gasteiger partial charge >= 0.3 is 0 Å². The van der Waals surface area contributed by atoms with E-state index in [0.717, 1.165) is 6.61 Å². The van der Waals surface area contributed by atoms with Crippen LogP contribution in [0, 0.1) is 0 Å². The van der Waals surface area contributed by atoms with E-state index >= 15 is 0 Å². The normalized spacial score (nSPS) is 13.5. The first-order valence-corrected chi connectivity index (χ1v) is 6.87. The summed E-state index contributed by atoms with van der Waals surface area (Å²) in [7, 11) is -0.734. The first-order chi connectivity index (χ1) is 4.81. The maximum Gasteiger partial charge on any atom is 0.173 e. The van der Waals surface area contributed by atoms with Gasteiger partial charge in [0.15, 0.2) is 9.04 Å². The molecular formula is C8H20OSi. The molecule has 0 bridgehead atoms. The van der Waals surface area contributed by atoms with Gasteiger partial charge in [-0.2, -0.15) is 0 Å². The van der Waals surface area contributed by atoms with Crippen molar-refractivity contribution in [3.05, 3.63) is 0 Å². The molecule has 0 fully saturated rings. The summed E-state index contributed by atoms with van der Waals surface area (Å²) in [6.45, 7) is 7.54. The minimum absolute atomic E-state index is 0.734. The van der Waals surface area contributed by atoms with Gasteiger partial charge in [0.25, 0.3) is 0 Å². The summed E-state index contributed by atoms with van der Waals surface area (Å²) < 4.78 is 5.53. The molecule has 0 aromatic carbocycles. The van der Waals surface area contributed by atoms with E-state index in [-0.39, 0.29) is 0 Å². The van der Waals surface area contributed by atoms with Crippen molar-refractivity contribution in [2.45, 2.75) is 45.7 Å². The zero-order chi connectivity index (χ0) is 7.82. The van der Waals surface area contributed by atoms with Crippen molar-refractivity contribution >= 4 is 9.04 Å². The van der Waals surface area contributed by atoms with Crippen LogP contribution >= 0.6 is 0 Å². The van der Waals surface area contributed by atoms with Gasteiger partial charge < -0.3 is 4.43 Å². The number of hydrogen-bond donors (Lipinski definition) is 0. The molecule has 1 nitrogen and oxygen atoms in total. The Hall–Kier alpha value is 0.177. The molecule has 0 aliphatic heterocycles. The zero-order valence-electron chi connectivity index (χ0n) is 7.52. The van der Waals surface area contributed by atoms with Crippen LogP contribution in [0.25, 0.3) is 0 Å². The van der Waals surface area contributed by atoms with Crippen LogP contribution in [0.4, 0.5) is 0 Å². The molecule has 2 heteroatoms. The van der Waals surface area contributed by atoms with Crippen LogP contribution in [0.2, 0.25) is 12.6 Å². The SMILES string of the molecule is CCCCC[SiH](C)OCC. The largest absolute Gasteiger partial charge is 0.421 e. The molecule has 0 rings (SSSR count). The smallest absolute Gasteiger partial charge is 0.173 e. The van der Waals surface area contributed by atoms with Gasteiger partial charge in [0.05, 0.1) is 0 Å². The highest BCUT2D eigenvalue weighted by atomic mass is 28.3. The molecule has 0 aliphatic carbocycles. The fraction of sp³-hybridized carbons (Fsp3) is 1.00. The molecule has 0 N–H and O–H groups in total. The molecule has 10 heavy (non-hydrogen) atoms. The van der Waals surface area contributed by atoms with E-state index in [2.05, 4.69) is 20.4 Å². The van der Waals surface area contributed by atoms with E-state index < -0.39 is 9.04 Å². The molecule has 0 aromatic rings. The summed E-state index contributed by atoms with van der Waals surface area (Å²) in [6.07, 6.45) is 4.08. The maximum atomic E-state index is 5.53. The van der Waals surface area contributed by atoms with Crippen LogP contribution in [0.5, 0.6) is 0 Å². The topological polar surface area (TPSA) is 9.23 Å². The molecule has 0 saturated heterocycles. The Morgan fingerprint density at radius 1 is 1.20 bits per heavy atom. The van der Waals surface area contributed by atoms with E-state index in [1.807, 2.05) is 0 Å². The van der Waals surface area contributed by atoms with Crippen LogP contribution in [0.15, 0.2) is 0 Å². The Kier molecular flexibility index (Phi) is 7.41. The highest BCUT2D eigenvalue weighted by Crippen LogP contribution is 2.04. The average molecular weight is 160 g/mol. The van der Waals surface area contributed by atoms with Crippen LogP contribution in [0.3, 0.4) is 0 Å². The predicted octanol–water partition coefficient (Wildman–Crippen LogP) is 2.57. The lowest BCUT2D eigenvalue weighted by Crippen LogP contribution is -2.12. The summed E-state index contributed by atoms with van der Waals surface area (Å²) in [6, 6.07) is 1.36. The van der Waals surface area contributed by atoms with Crippen LogP contribution in [-0.2, 0) is 4.43 Å². The highest BCUT2D eigenvalue weighted by molar-refractivity contribution is 6.50. The third-order valence-corrected chi connectivity index (χ3v) is 3.79. The van der Waals surface area contributed by atoms with Crippen molar-refractivity contribution < 1.29 is 4.43 Å². The van der Waals surface area contributed by atoms with Gasteiger partial charge in [-0.15, -0.1) is 0 Å². The van der Waals surface area contributed by atoms with Crippen LogP contribution < -0.4 is 0 Å². The molecule has 1 unspecified atom stereocenters. The first-order valence-electron chi connectivity index (χ1n) is 4.42. The molecule has 1 atom stereocenters. The molecule has 0 radical (unpaired) electrons. The van der Waals surface area contributed by atoms with E-state index in [0.29, 0.717) is 0 Å². The summed E-state index contributed by atoms with van der Waals surface area (Å²) in [5.41, 5.74) is 0. The van der Waals surface area contributed by atoms with Gasteiger partial charge in [0.1, 0.15) is 0 Å². The van der Waals surface area contributed by atoms with Gasteiger partial charge in [-0.25, -0.2) is 0 Å². The quantitative estimate of drug-likeness (QED) is 0.428. The zero-order valence-corrected chi connectivity index (χ0v) is 8.68. The summed E-state index contributed by atoms with van der Waals surface area (Å²) in [5.74, 6) is 0. The second-order valence-electron chi connectivity index (χ2n) is 2.76. The van der Waals surface area contributed by atoms with Gasteiger partial charge in [-0.1, -0.05) is 26.2 Å². The molecular weight excluding hydrogens is 140 g/mol. The van der Waals surface area contributed by atoms with Gasteiger partial charge in [-0.05, 0) is 19.5 Å². The van der Waals surface area contributed by atoms with Gasteiger partial charge in [0.2, 0.25) is 0 Å². The van der Waals surface area contributed by atoms with Crippen LogP contribution in [-0.4, -0.2) is 15.6 Å². The van der Waals surface area contributed by atoms with Crippen molar-refractivity contribution in [1.82, 2.24) is 0 Å². The highest BCUT2D eigenvalue weighted by Gasteiger charge is 2.01. The Labute approximate surface area is 66.5 Å². The standard InChI is InChI=1S/C8H20OSi/c1-4-6-7-8-10(3)9-5-2/h10H,4-8H2,1-3H3. The van der Waals surface area contributed by atoms with Crippen molar-refractivity contribution in [3.8, 4) is 0 Å². The summed E-state index contributed by atoms with van der Waals surface area (Å²) >= 11 is 0. The molecule has 0 spiro atoms. The van der Waals surface area contributed by atoms with Crippen molar-refractivity contribution in [2.24, 2.45) is 0 Å². The lowest BCUT2D eigenvalue weighted by atomic mass is 10.3. The van der Waals surface area contributed by atoms with Crippen LogP contribution in [0.1, 0.15) is 33.1 Å². The molecule has 0 aromatic heterocycles. The number of hydrogen-bond acceptors (Lipinski definition) is 1.